The Labute approximate surface area is 110 Å². The van der Waals surface area contributed by atoms with E-state index in [1.807, 2.05) is 4.90 Å². The Balaban J connectivity index is 1.91. The number of carbonyl (C=O) groups excluding carboxylic acids is 1. The molecule has 18 heavy (non-hydrogen) atoms. The molecular weight excluding hydrogens is 228 g/mol. The Kier molecular flexibility index (Phi) is 5.01. The van der Waals surface area contributed by atoms with Crippen LogP contribution in [0, 0.1) is 5.92 Å². The lowest BCUT2D eigenvalue weighted by atomic mass is 9.90. The fourth-order valence-electron chi connectivity index (χ4n) is 3.02. The van der Waals surface area contributed by atoms with Crippen molar-refractivity contribution >= 4 is 5.91 Å². The number of carbonyl (C=O) groups is 1. The highest BCUT2D eigenvalue weighted by molar-refractivity contribution is 5.79. The van der Waals surface area contributed by atoms with Crippen LogP contribution in [-0.2, 0) is 9.53 Å². The van der Waals surface area contributed by atoms with Crippen molar-refractivity contribution in [3.63, 3.8) is 0 Å². The van der Waals surface area contributed by atoms with Gasteiger partial charge in [-0.3, -0.25) is 4.79 Å². The first kappa shape index (κ1) is 13.8. The van der Waals surface area contributed by atoms with Gasteiger partial charge in [0.05, 0.1) is 12.0 Å². The number of hydrogen-bond donors (Lipinski definition) is 1. The summed E-state index contributed by atoms with van der Waals surface area (Å²) in [6.07, 6.45) is 4.63. The van der Waals surface area contributed by atoms with E-state index >= 15 is 0 Å². The van der Waals surface area contributed by atoms with E-state index in [9.17, 15) is 4.79 Å². The summed E-state index contributed by atoms with van der Waals surface area (Å²) >= 11 is 0. The van der Waals surface area contributed by atoms with Gasteiger partial charge in [0.25, 0.3) is 0 Å². The highest BCUT2D eigenvalue weighted by Crippen LogP contribution is 2.21. The van der Waals surface area contributed by atoms with Crippen molar-refractivity contribution in [2.24, 2.45) is 5.92 Å². The molecule has 1 amide bonds. The molecule has 2 saturated heterocycles. The predicted octanol–water partition coefficient (Wildman–Crippen LogP) is 1.40. The number of nitrogens with one attached hydrogen (secondary N) is 1. The van der Waals surface area contributed by atoms with Crippen molar-refractivity contribution in [1.29, 1.82) is 0 Å². The van der Waals surface area contributed by atoms with E-state index in [0.717, 1.165) is 51.9 Å². The molecule has 2 fully saturated rings. The fraction of sp³-hybridized carbons (Fsp3) is 0.929. The average molecular weight is 254 g/mol. The molecule has 3 atom stereocenters. The van der Waals surface area contributed by atoms with Crippen LogP contribution in [0.15, 0.2) is 0 Å². The highest BCUT2D eigenvalue weighted by Gasteiger charge is 2.31. The second kappa shape index (κ2) is 6.53. The van der Waals surface area contributed by atoms with Crippen molar-refractivity contribution in [1.82, 2.24) is 10.2 Å². The Morgan fingerprint density at radius 2 is 2.22 bits per heavy atom. The molecule has 0 saturated carbocycles. The fourth-order valence-corrected chi connectivity index (χ4v) is 3.02. The number of likely N-dealkylation sites (N-methyl/N-ethyl adjacent to an activating group) is 1. The van der Waals surface area contributed by atoms with Gasteiger partial charge in [0.2, 0.25) is 5.91 Å². The van der Waals surface area contributed by atoms with Crippen molar-refractivity contribution < 1.29 is 9.53 Å². The summed E-state index contributed by atoms with van der Waals surface area (Å²) in [5, 5.41) is 3.41. The maximum atomic E-state index is 12.6. The molecule has 3 unspecified atom stereocenters. The minimum absolute atomic E-state index is 0.153. The molecule has 0 spiro atoms. The predicted molar refractivity (Wildman–Crippen MR) is 71.4 cm³/mol. The van der Waals surface area contributed by atoms with Crippen LogP contribution in [0.1, 0.15) is 39.5 Å². The highest BCUT2D eigenvalue weighted by atomic mass is 16.5. The lowest BCUT2D eigenvalue weighted by Crippen LogP contribution is -2.49. The Morgan fingerprint density at radius 1 is 1.39 bits per heavy atom. The number of piperidine rings is 1. The summed E-state index contributed by atoms with van der Waals surface area (Å²) in [5.74, 6) is 0.466. The van der Waals surface area contributed by atoms with Gasteiger partial charge in [-0.25, -0.2) is 0 Å². The molecule has 1 N–H and O–H groups in total. The quantitative estimate of drug-likeness (QED) is 0.824. The van der Waals surface area contributed by atoms with Gasteiger partial charge in [-0.2, -0.15) is 0 Å². The summed E-state index contributed by atoms with van der Waals surface area (Å²) in [7, 11) is 0. The van der Waals surface area contributed by atoms with Crippen LogP contribution >= 0.6 is 0 Å². The van der Waals surface area contributed by atoms with Crippen LogP contribution in [0.4, 0.5) is 0 Å². The SMILES string of the molecule is CCN(CC1CCCO1)C(=O)C1CCCNC1C. The van der Waals surface area contributed by atoms with Crippen LogP contribution < -0.4 is 5.32 Å². The van der Waals surface area contributed by atoms with Gasteiger partial charge >= 0.3 is 0 Å². The summed E-state index contributed by atoms with van der Waals surface area (Å²) in [6.45, 7) is 7.66. The molecule has 0 bridgehead atoms. The van der Waals surface area contributed by atoms with E-state index in [4.69, 9.17) is 4.74 Å². The van der Waals surface area contributed by atoms with E-state index < -0.39 is 0 Å². The van der Waals surface area contributed by atoms with Gasteiger partial charge in [-0.05, 0) is 46.1 Å². The lowest BCUT2D eigenvalue weighted by molar-refractivity contribution is -0.138. The Hall–Kier alpha value is -0.610. The van der Waals surface area contributed by atoms with Gasteiger partial charge in [-0.1, -0.05) is 0 Å². The monoisotopic (exact) mass is 254 g/mol. The van der Waals surface area contributed by atoms with Gasteiger partial charge in [0.15, 0.2) is 0 Å². The van der Waals surface area contributed by atoms with E-state index in [1.54, 1.807) is 0 Å². The smallest absolute Gasteiger partial charge is 0.227 e. The molecule has 0 aromatic carbocycles. The van der Waals surface area contributed by atoms with Crippen LogP contribution in [0.3, 0.4) is 0 Å². The Bertz CT molecular complexity index is 277. The first-order valence-electron chi connectivity index (χ1n) is 7.36. The summed E-state index contributed by atoms with van der Waals surface area (Å²) < 4.78 is 5.64. The van der Waals surface area contributed by atoms with Gasteiger partial charge < -0.3 is 15.0 Å². The number of amides is 1. The molecule has 2 rings (SSSR count). The van der Waals surface area contributed by atoms with Crippen LogP contribution in [0.2, 0.25) is 0 Å². The summed E-state index contributed by atoms with van der Waals surface area (Å²) in [6, 6.07) is 0.310. The van der Waals surface area contributed by atoms with Crippen molar-refractivity contribution in [3.05, 3.63) is 0 Å². The maximum Gasteiger partial charge on any atom is 0.227 e. The molecule has 104 valence electrons. The maximum absolute atomic E-state index is 12.6. The van der Waals surface area contributed by atoms with Gasteiger partial charge in [0.1, 0.15) is 0 Å². The van der Waals surface area contributed by atoms with E-state index in [2.05, 4.69) is 19.2 Å². The largest absolute Gasteiger partial charge is 0.376 e. The zero-order valence-electron chi connectivity index (χ0n) is 11.7. The number of hydrogen-bond acceptors (Lipinski definition) is 3. The molecule has 2 aliphatic heterocycles. The third-order valence-corrected chi connectivity index (χ3v) is 4.22. The molecular formula is C14H26N2O2. The van der Waals surface area contributed by atoms with Crippen molar-refractivity contribution in [2.75, 3.05) is 26.2 Å². The normalized spacial score (nSPS) is 32.4. The minimum atomic E-state index is 0.153. The molecule has 4 heteroatoms. The number of rotatable bonds is 4. The minimum Gasteiger partial charge on any atom is -0.376 e. The number of nitrogens with zero attached hydrogens (tertiary/aromatic N) is 1. The third kappa shape index (κ3) is 3.23. The van der Waals surface area contributed by atoms with Crippen molar-refractivity contribution in [2.45, 2.75) is 51.7 Å². The number of ether oxygens (including phenoxy) is 1. The van der Waals surface area contributed by atoms with E-state index in [1.165, 1.54) is 0 Å². The van der Waals surface area contributed by atoms with E-state index in [0.29, 0.717) is 11.9 Å². The van der Waals surface area contributed by atoms with Crippen LogP contribution in [0.25, 0.3) is 0 Å². The zero-order valence-corrected chi connectivity index (χ0v) is 11.7. The molecule has 0 radical (unpaired) electrons. The van der Waals surface area contributed by atoms with Crippen LogP contribution in [-0.4, -0.2) is 49.2 Å². The topological polar surface area (TPSA) is 41.6 Å². The molecule has 2 heterocycles. The molecule has 0 aliphatic carbocycles. The van der Waals surface area contributed by atoms with Gasteiger partial charge in [-0.15, -0.1) is 0 Å². The summed E-state index contributed by atoms with van der Waals surface area (Å²) in [5.41, 5.74) is 0. The second-order valence-corrected chi connectivity index (χ2v) is 5.50. The van der Waals surface area contributed by atoms with E-state index in [-0.39, 0.29) is 12.0 Å². The molecule has 0 aromatic rings. The third-order valence-electron chi connectivity index (χ3n) is 4.22. The van der Waals surface area contributed by atoms with Gasteiger partial charge in [0, 0.05) is 25.7 Å². The first-order chi connectivity index (χ1) is 8.72. The second-order valence-electron chi connectivity index (χ2n) is 5.50. The average Bonchev–Trinajstić information content (AvgIpc) is 2.88. The molecule has 4 nitrogen and oxygen atoms in total. The van der Waals surface area contributed by atoms with Crippen molar-refractivity contribution in [3.8, 4) is 0 Å². The summed E-state index contributed by atoms with van der Waals surface area (Å²) in [4.78, 5) is 14.5. The zero-order chi connectivity index (χ0) is 13.0. The standard InChI is InChI=1S/C14H26N2O2/c1-3-16(10-12-6-5-9-18-12)14(17)13-7-4-8-15-11(13)2/h11-13,15H,3-10H2,1-2H3. The van der Waals surface area contributed by atoms with Crippen LogP contribution in [0.5, 0.6) is 0 Å². The first-order valence-corrected chi connectivity index (χ1v) is 7.36. The molecule has 2 aliphatic rings. The Morgan fingerprint density at radius 3 is 2.83 bits per heavy atom. The lowest BCUT2D eigenvalue weighted by Gasteiger charge is -2.34. The molecule has 0 aromatic heterocycles.